The fraction of sp³-hybridized carbons (Fsp3) is 0.476. The molecule has 2 heterocycles. The summed E-state index contributed by atoms with van der Waals surface area (Å²) in [5.74, 6) is 2.65. The molecule has 138 valence electrons. The number of benzene rings is 1. The smallest absolute Gasteiger partial charge is 0.293 e. The molecule has 4 saturated carbocycles. The number of carbonyl (C=O) groups excluding carboxylic acids is 1. The van der Waals surface area contributed by atoms with E-state index in [9.17, 15) is 4.79 Å². The minimum absolute atomic E-state index is 0.217. The second-order valence-electron chi connectivity index (χ2n) is 8.71. The Hall–Kier alpha value is -2.21. The first kappa shape index (κ1) is 15.8. The maximum atomic E-state index is 12.6. The standard InChI is InChI=1S/C21H21N3O2S/c25-18(17-8-15-3-1-2-4-16(15)26-17)22-20-24-23-19(27-20)21-9-12-5-13(10-21)7-14(6-12)11-21/h1-4,8,12-14H,5-7,9-11H2,(H,22,24,25). The predicted molar refractivity (Wildman–Crippen MR) is 104 cm³/mol. The average Bonchev–Trinajstić information content (AvgIpc) is 3.27. The summed E-state index contributed by atoms with van der Waals surface area (Å²) in [6, 6.07) is 9.40. The molecule has 5 nitrogen and oxygen atoms in total. The molecule has 4 aliphatic carbocycles. The minimum Gasteiger partial charge on any atom is -0.451 e. The fourth-order valence-electron chi connectivity index (χ4n) is 6.11. The monoisotopic (exact) mass is 379 g/mol. The summed E-state index contributed by atoms with van der Waals surface area (Å²) < 4.78 is 5.65. The highest BCUT2D eigenvalue weighted by molar-refractivity contribution is 7.15. The zero-order chi connectivity index (χ0) is 18.0. The number of para-hydroxylation sites is 1. The Morgan fingerprint density at radius 2 is 1.78 bits per heavy atom. The van der Waals surface area contributed by atoms with Gasteiger partial charge in [-0.05, 0) is 68.4 Å². The van der Waals surface area contributed by atoms with E-state index in [0.717, 1.165) is 28.1 Å². The molecular weight excluding hydrogens is 358 g/mol. The number of hydrogen-bond donors (Lipinski definition) is 1. The lowest BCUT2D eigenvalue weighted by atomic mass is 9.50. The molecule has 4 aliphatic rings. The third kappa shape index (κ3) is 2.53. The molecule has 1 amide bonds. The summed E-state index contributed by atoms with van der Waals surface area (Å²) in [4.78, 5) is 12.6. The first-order valence-electron chi connectivity index (χ1n) is 9.81. The lowest BCUT2D eigenvalue weighted by molar-refractivity contribution is -0.00555. The second-order valence-corrected chi connectivity index (χ2v) is 9.69. The highest BCUT2D eigenvalue weighted by Gasteiger charge is 2.53. The molecule has 27 heavy (non-hydrogen) atoms. The zero-order valence-corrected chi connectivity index (χ0v) is 15.8. The summed E-state index contributed by atoms with van der Waals surface area (Å²) in [5, 5.41) is 14.3. The molecule has 2 aromatic heterocycles. The third-order valence-electron chi connectivity index (χ3n) is 6.79. The Bertz CT molecular complexity index is 969. The van der Waals surface area contributed by atoms with Crippen LogP contribution in [0.15, 0.2) is 34.7 Å². The summed E-state index contributed by atoms with van der Waals surface area (Å²) in [5.41, 5.74) is 0.934. The van der Waals surface area contributed by atoms with Crippen molar-refractivity contribution >= 4 is 33.3 Å². The largest absolute Gasteiger partial charge is 0.451 e. The van der Waals surface area contributed by atoms with Gasteiger partial charge in [-0.3, -0.25) is 10.1 Å². The quantitative estimate of drug-likeness (QED) is 0.695. The van der Waals surface area contributed by atoms with Gasteiger partial charge in [0.2, 0.25) is 5.13 Å². The molecule has 0 aliphatic heterocycles. The molecule has 0 spiro atoms. The van der Waals surface area contributed by atoms with Gasteiger partial charge in [0.25, 0.3) is 5.91 Å². The van der Waals surface area contributed by atoms with E-state index in [1.165, 1.54) is 38.5 Å². The number of hydrogen-bond acceptors (Lipinski definition) is 5. The van der Waals surface area contributed by atoms with Gasteiger partial charge < -0.3 is 4.42 Å². The lowest BCUT2D eigenvalue weighted by Crippen LogP contribution is -2.48. The van der Waals surface area contributed by atoms with E-state index in [2.05, 4.69) is 15.5 Å². The maximum Gasteiger partial charge on any atom is 0.293 e. The molecule has 7 rings (SSSR count). The summed E-state index contributed by atoms with van der Waals surface area (Å²) >= 11 is 1.56. The first-order valence-corrected chi connectivity index (χ1v) is 10.6. The molecule has 6 heteroatoms. The van der Waals surface area contributed by atoms with Crippen molar-refractivity contribution in [1.82, 2.24) is 10.2 Å². The van der Waals surface area contributed by atoms with Crippen molar-refractivity contribution in [3.63, 3.8) is 0 Å². The van der Waals surface area contributed by atoms with Crippen LogP contribution in [-0.4, -0.2) is 16.1 Å². The number of fused-ring (bicyclic) bond motifs is 1. The number of carbonyl (C=O) groups is 1. The van der Waals surface area contributed by atoms with Crippen molar-refractivity contribution < 1.29 is 9.21 Å². The summed E-state index contributed by atoms with van der Waals surface area (Å²) in [6.07, 6.45) is 8.00. The number of aromatic nitrogens is 2. The van der Waals surface area contributed by atoms with Crippen molar-refractivity contribution in [3.05, 3.63) is 41.1 Å². The van der Waals surface area contributed by atoms with E-state index in [1.807, 2.05) is 24.3 Å². The van der Waals surface area contributed by atoms with Crippen LogP contribution in [0.2, 0.25) is 0 Å². The van der Waals surface area contributed by atoms with Crippen LogP contribution >= 0.6 is 11.3 Å². The molecular formula is C21H21N3O2S. The molecule has 0 radical (unpaired) electrons. The van der Waals surface area contributed by atoms with Crippen LogP contribution in [-0.2, 0) is 5.41 Å². The predicted octanol–water partition coefficient (Wildman–Crippen LogP) is 5.00. The molecule has 4 bridgehead atoms. The van der Waals surface area contributed by atoms with Crippen molar-refractivity contribution in [2.24, 2.45) is 17.8 Å². The fourth-order valence-corrected chi connectivity index (χ4v) is 7.07. The molecule has 0 saturated heterocycles. The van der Waals surface area contributed by atoms with Gasteiger partial charge in [-0.15, -0.1) is 10.2 Å². The van der Waals surface area contributed by atoms with E-state index in [1.54, 1.807) is 17.4 Å². The van der Waals surface area contributed by atoms with Crippen molar-refractivity contribution in [2.45, 2.75) is 43.9 Å². The number of nitrogens with one attached hydrogen (secondary N) is 1. The normalized spacial score (nSPS) is 31.5. The molecule has 3 aromatic rings. The number of anilines is 1. The number of rotatable bonds is 3. The Labute approximate surface area is 161 Å². The molecule has 1 aromatic carbocycles. The number of nitrogens with zero attached hydrogens (tertiary/aromatic N) is 2. The van der Waals surface area contributed by atoms with Gasteiger partial charge in [-0.25, -0.2) is 0 Å². The molecule has 4 fully saturated rings. The van der Waals surface area contributed by atoms with Crippen LogP contribution in [0, 0.1) is 17.8 Å². The van der Waals surface area contributed by atoms with E-state index < -0.39 is 0 Å². The summed E-state index contributed by atoms with van der Waals surface area (Å²) in [6.45, 7) is 0. The highest BCUT2D eigenvalue weighted by Crippen LogP contribution is 2.61. The van der Waals surface area contributed by atoms with Gasteiger partial charge in [-0.1, -0.05) is 29.5 Å². The molecule has 0 atom stereocenters. The Morgan fingerprint density at radius 1 is 1.07 bits per heavy atom. The number of furan rings is 1. The zero-order valence-electron chi connectivity index (χ0n) is 15.0. The maximum absolute atomic E-state index is 12.6. The van der Waals surface area contributed by atoms with Crippen LogP contribution in [0.1, 0.15) is 54.1 Å². The van der Waals surface area contributed by atoms with Gasteiger partial charge in [0.05, 0.1) is 0 Å². The van der Waals surface area contributed by atoms with Crippen molar-refractivity contribution in [3.8, 4) is 0 Å². The van der Waals surface area contributed by atoms with Crippen molar-refractivity contribution in [2.75, 3.05) is 5.32 Å². The highest BCUT2D eigenvalue weighted by atomic mass is 32.1. The SMILES string of the molecule is O=C(Nc1nnc(C23CC4CC(CC(C4)C2)C3)s1)c1cc2ccccc2o1. The van der Waals surface area contributed by atoms with Gasteiger partial charge >= 0.3 is 0 Å². The second kappa shape index (κ2) is 5.64. The topological polar surface area (TPSA) is 68.0 Å². The van der Waals surface area contributed by atoms with Gasteiger partial charge in [-0.2, -0.15) is 0 Å². The Morgan fingerprint density at radius 3 is 2.48 bits per heavy atom. The van der Waals surface area contributed by atoms with Crippen LogP contribution in [0.3, 0.4) is 0 Å². The average molecular weight is 379 g/mol. The van der Waals surface area contributed by atoms with E-state index in [4.69, 9.17) is 4.42 Å². The van der Waals surface area contributed by atoms with E-state index in [0.29, 0.717) is 16.5 Å². The van der Waals surface area contributed by atoms with Crippen LogP contribution in [0.25, 0.3) is 11.0 Å². The lowest BCUT2D eigenvalue weighted by Gasteiger charge is -2.55. The van der Waals surface area contributed by atoms with Gasteiger partial charge in [0.1, 0.15) is 10.6 Å². The molecule has 1 N–H and O–H groups in total. The van der Waals surface area contributed by atoms with Gasteiger partial charge in [0.15, 0.2) is 5.76 Å². The van der Waals surface area contributed by atoms with Crippen LogP contribution in [0.5, 0.6) is 0 Å². The third-order valence-corrected chi connectivity index (χ3v) is 7.87. The van der Waals surface area contributed by atoms with Crippen LogP contribution in [0.4, 0.5) is 5.13 Å². The van der Waals surface area contributed by atoms with E-state index >= 15 is 0 Å². The van der Waals surface area contributed by atoms with Crippen LogP contribution < -0.4 is 5.32 Å². The number of amides is 1. The van der Waals surface area contributed by atoms with Crippen molar-refractivity contribution in [1.29, 1.82) is 0 Å². The Balaban J connectivity index is 1.24. The summed E-state index contributed by atoms with van der Waals surface area (Å²) in [7, 11) is 0. The molecule has 0 unspecified atom stereocenters. The van der Waals surface area contributed by atoms with Gasteiger partial charge in [0, 0.05) is 10.8 Å². The first-order chi connectivity index (χ1) is 13.2. The van der Waals surface area contributed by atoms with E-state index in [-0.39, 0.29) is 11.3 Å². The Kier molecular flexibility index (Phi) is 3.30. The minimum atomic E-state index is -0.264.